The van der Waals surface area contributed by atoms with Gasteiger partial charge in [0.1, 0.15) is 12.1 Å². The number of aromatic nitrogens is 2. The van der Waals surface area contributed by atoms with Crippen molar-refractivity contribution in [3.63, 3.8) is 0 Å². The number of urea groups is 1. The predicted molar refractivity (Wildman–Crippen MR) is 126 cm³/mol. The molecule has 0 aliphatic carbocycles. The lowest BCUT2D eigenvalue weighted by Gasteiger charge is -2.20. The SMILES string of the molecule is COc1cc2ncnc(N3CCC(NC(=O)Nc4ccc(C(C)C)cc4)C3)c2cc1OC. The molecule has 2 aromatic carbocycles. The molecule has 2 heterocycles. The summed E-state index contributed by atoms with van der Waals surface area (Å²) in [7, 11) is 3.21. The molecule has 8 heteroatoms. The zero-order valence-corrected chi connectivity index (χ0v) is 18.9. The van der Waals surface area contributed by atoms with Gasteiger partial charge in [0.05, 0.1) is 19.7 Å². The smallest absolute Gasteiger partial charge is 0.319 e. The highest BCUT2D eigenvalue weighted by molar-refractivity contribution is 5.92. The van der Waals surface area contributed by atoms with Gasteiger partial charge in [-0.15, -0.1) is 0 Å². The summed E-state index contributed by atoms with van der Waals surface area (Å²) < 4.78 is 10.8. The molecule has 1 aromatic heterocycles. The Morgan fingerprint density at radius 3 is 2.50 bits per heavy atom. The van der Waals surface area contributed by atoms with E-state index in [-0.39, 0.29) is 12.1 Å². The number of hydrogen-bond donors (Lipinski definition) is 2. The first kappa shape index (κ1) is 21.7. The molecule has 3 aromatic rings. The van der Waals surface area contributed by atoms with Gasteiger partial charge < -0.3 is 25.0 Å². The van der Waals surface area contributed by atoms with Crippen LogP contribution in [0.25, 0.3) is 10.9 Å². The number of hydrogen-bond acceptors (Lipinski definition) is 6. The van der Waals surface area contributed by atoms with E-state index in [0.29, 0.717) is 24.0 Å². The van der Waals surface area contributed by atoms with Crippen LogP contribution in [-0.4, -0.2) is 49.4 Å². The molecule has 1 aliphatic heterocycles. The highest BCUT2D eigenvalue weighted by Crippen LogP contribution is 2.35. The molecule has 0 saturated carbocycles. The molecule has 2 N–H and O–H groups in total. The molecule has 0 spiro atoms. The molecule has 1 aliphatic rings. The minimum absolute atomic E-state index is 0.0232. The van der Waals surface area contributed by atoms with Crippen LogP contribution in [0.4, 0.5) is 16.3 Å². The Kier molecular flexibility index (Phi) is 6.30. The van der Waals surface area contributed by atoms with Crippen molar-refractivity contribution in [2.45, 2.75) is 32.2 Å². The van der Waals surface area contributed by atoms with Gasteiger partial charge in [-0.25, -0.2) is 14.8 Å². The van der Waals surface area contributed by atoms with Gasteiger partial charge in [-0.05, 0) is 36.1 Å². The van der Waals surface area contributed by atoms with Gasteiger partial charge >= 0.3 is 6.03 Å². The summed E-state index contributed by atoms with van der Waals surface area (Å²) in [6, 6.07) is 11.5. The van der Waals surface area contributed by atoms with E-state index in [2.05, 4.69) is 39.3 Å². The van der Waals surface area contributed by atoms with Crippen LogP contribution in [0.3, 0.4) is 0 Å². The second-order valence-electron chi connectivity index (χ2n) is 8.23. The molecule has 0 radical (unpaired) electrons. The summed E-state index contributed by atoms with van der Waals surface area (Å²) in [5.74, 6) is 2.54. The first-order valence-corrected chi connectivity index (χ1v) is 10.8. The first-order valence-electron chi connectivity index (χ1n) is 10.8. The monoisotopic (exact) mass is 435 g/mol. The number of nitrogens with zero attached hydrogens (tertiary/aromatic N) is 3. The number of ether oxygens (including phenoxy) is 2. The van der Waals surface area contributed by atoms with Crippen molar-refractivity contribution in [2.24, 2.45) is 0 Å². The molecule has 168 valence electrons. The van der Waals surface area contributed by atoms with Crippen LogP contribution in [0.1, 0.15) is 31.7 Å². The molecule has 1 fully saturated rings. The molecule has 1 atom stereocenters. The number of amides is 2. The summed E-state index contributed by atoms with van der Waals surface area (Å²) in [4.78, 5) is 23.6. The van der Waals surface area contributed by atoms with E-state index >= 15 is 0 Å². The normalized spacial score (nSPS) is 15.8. The summed E-state index contributed by atoms with van der Waals surface area (Å²) in [5.41, 5.74) is 2.81. The van der Waals surface area contributed by atoms with Crippen molar-refractivity contribution in [3.8, 4) is 11.5 Å². The number of nitrogens with one attached hydrogen (secondary N) is 2. The standard InChI is InChI=1S/C24H29N5O3/c1-15(2)16-5-7-17(8-6-16)27-24(30)28-18-9-10-29(13-18)23-19-11-21(31-3)22(32-4)12-20(19)25-14-26-23/h5-8,11-12,14-15,18H,9-10,13H2,1-4H3,(H2,27,28,30). The van der Waals surface area contributed by atoms with Crippen molar-refractivity contribution in [3.05, 3.63) is 48.3 Å². The van der Waals surface area contributed by atoms with Crippen LogP contribution < -0.4 is 25.0 Å². The lowest BCUT2D eigenvalue weighted by atomic mass is 10.0. The van der Waals surface area contributed by atoms with Gasteiger partial charge in [0.15, 0.2) is 11.5 Å². The van der Waals surface area contributed by atoms with Crippen LogP contribution in [0.5, 0.6) is 11.5 Å². The third kappa shape index (κ3) is 4.54. The van der Waals surface area contributed by atoms with Gasteiger partial charge in [-0.3, -0.25) is 0 Å². The number of carbonyl (C=O) groups excluding carboxylic acids is 1. The fourth-order valence-corrected chi connectivity index (χ4v) is 4.00. The van der Waals surface area contributed by atoms with Gasteiger partial charge in [0.25, 0.3) is 0 Å². The van der Waals surface area contributed by atoms with Crippen molar-refractivity contribution >= 4 is 28.4 Å². The number of carbonyl (C=O) groups is 1. The zero-order chi connectivity index (χ0) is 22.7. The van der Waals surface area contributed by atoms with E-state index in [1.165, 1.54) is 5.56 Å². The number of anilines is 2. The Hall–Kier alpha value is -3.55. The minimum Gasteiger partial charge on any atom is -0.493 e. The summed E-state index contributed by atoms with van der Waals surface area (Å²) >= 11 is 0. The van der Waals surface area contributed by atoms with Gasteiger partial charge in [0, 0.05) is 36.3 Å². The molecule has 1 saturated heterocycles. The second-order valence-corrected chi connectivity index (χ2v) is 8.23. The van der Waals surface area contributed by atoms with Crippen molar-refractivity contribution in [1.82, 2.24) is 15.3 Å². The highest BCUT2D eigenvalue weighted by Gasteiger charge is 2.26. The number of fused-ring (bicyclic) bond motifs is 1. The Bertz CT molecular complexity index is 1100. The van der Waals surface area contributed by atoms with Crippen molar-refractivity contribution in [1.29, 1.82) is 0 Å². The van der Waals surface area contributed by atoms with Crippen molar-refractivity contribution < 1.29 is 14.3 Å². The first-order chi connectivity index (χ1) is 15.5. The molecule has 0 bridgehead atoms. The quantitative estimate of drug-likeness (QED) is 0.604. The van der Waals surface area contributed by atoms with E-state index in [4.69, 9.17) is 9.47 Å². The summed E-state index contributed by atoms with van der Waals surface area (Å²) in [6.07, 6.45) is 2.39. The maximum atomic E-state index is 12.5. The van der Waals surface area contributed by atoms with Crippen LogP contribution in [-0.2, 0) is 0 Å². The second kappa shape index (κ2) is 9.30. The van der Waals surface area contributed by atoms with Crippen LogP contribution in [0.15, 0.2) is 42.7 Å². The molecule has 1 unspecified atom stereocenters. The van der Waals surface area contributed by atoms with E-state index in [9.17, 15) is 4.79 Å². The average Bonchev–Trinajstić information content (AvgIpc) is 3.25. The molecular formula is C24H29N5O3. The lowest BCUT2D eigenvalue weighted by Crippen LogP contribution is -2.39. The Morgan fingerprint density at radius 1 is 1.09 bits per heavy atom. The van der Waals surface area contributed by atoms with E-state index in [1.807, 2.05) is 36.4 Å². The fraction of sp³-hybridized carbons (Fsp3) is 0.375. The lowest BCUT2D eigenvalue weighted by molar-refractivity contribution is 0.249. The summed E-state index contributed by atoms with van der Waals surface area (Å²) in [5, 5.41) is 6.89. The Labute approximate surface area is 188 Å². The Morgan fingerprint density at radius 2 is 1.81 bits per heavy atom. The molecule has 8 nitrogen and oxygen atoms in total. The number of benzene rings is 2. The van der Waals surface area contributed by atoms with Crippen LogP contribution in [0, 0.1) is 0 Å². The van der Waals surface area contributed by atoms with Gasteiger partial charge in [-0.2, -0.15) is 0 Å². The number of methoxy groups -OCH3 is 2. The maximum absolute atomic E-state index is 12.5. The van der Waals surface area contributed by atoms with Crippen LogP contribution >= 0.6 is 0 Å². The van der Waals surface area contributed by atoms with E-state index in [0.717, 1.165) is 35.4 Å². The minimum atomic E-state index is -0.201. The maximum Gasteiger partial charge on any atom is 0.319 e. The van der Waals surface area contributed by atoms with Gasteiger partial charge in [0.2, 0.25) is 0 Å². The largest absolute Gasteiger partial charge is 0.493 e. The van der Waals surface area contributed by atoms with E-state index in [1.54, 1.807) is 20.5 Å². The third-order valence-corrected chi connectivity index (χ3v) is 5.78. The average molecular weight is 436 g/mol. The highest BCUT2D eigenvalue weighted by atomic mass is 16.5. The third-order valence-electron chi connectivity index (χ3n) is 5.78. The van der Waals surface area contributed by atoms with Crippen LogP contribution in [0.2, 0.25) is 0 Å². The predicted octanol–water partition coefficient (Wildman–Crippen LogP) is 4.17. The Balaban J connectivity index is 1.43. The fourth-order valence-electron chi connectivity index (χ4n) is 4.00. The molecule has 4 rings (SSSR count). The van der Waals surface area contributed by atoms with E-state index < -0.39 is 0 Å². The number of rotatable bonds is 6. The molecule has 2 amide bonds. The summed E-state index contributed by atoms with van der Waals surface area (Å²) in [6.45, 7) is 5.75. The zero-order valence-electron chi connectivity index (χ0n) is 18.9. The van der Waals surface area contributed by atoms with Crippen molar-refractivity contribution in [2.75, 3.05) is 37.5 Å². The molecule has 32 heavy (non-hydrogen) atoms. The van der Waals surface area contributed by atoms with Gasteiger partial charge in [-0.1, -0.05) is 26.0 Å². The topological polar surface area (TPSA) is 88.6 Å². The molecular weight excluding hydrogens is 406 g/mol.